The Morgan fingerprint density at radius 1 is 1.16 bits per heavy atom. The van der Waals surface area contributed by atoms with Crippen molar-refractivity contribution in [2.45, 2.75) is 39.2 Å². The summed E-state index contributed by atoms with van der Waals surface area (Å²) in [5.41, 5.74) is 0.935. The Morgan fingerprint density at radius 2 is 1.84 bits per heavy atom. The van der Waals surface area contributed by atoms with Gasteiger partial charge in [0.05, 0.1) is 6.42 Å². The number of carbonyl (C=O) groups is 2. The highest BCUT2D eigenvalue weighted by molar-refractivity contribution is 5.79. The van der Waals surface area contributed by atoms with Crippen LogP contribution in [0.3, 0.4) is 0 Å². The number of ether oxygens (including phenoxy) is 2. The SMILES string of the molecule is CC(C)C(=O)NC1CCN(C(=O)Cc2ccc3c(c2)OCCO3)CC1. The van der Waals surface area contributed by atoms with Gasteiger partial charge in [-0.3, -0.25) is 9.59 Å². The molecule has 1 saturated heterocycles. The van der Waals surface area contributed by atoms with Gasteiger partial charge in [-0.25, -0.2) is 0 Å². The maximum absolute atomic E-state index is 12.5. The fourth-order valence-electron chi connectivity index (χ4n) is 3.13. The summed E-state index contributed by atoms with van der Waals surface area (Å²) in [7, 11) is 0. The first-order chi connectivity index (χ1) is 12.0. The Morgan fingerprint density at radius 3 is 2.52 bits per heavy atom. The van der Waals surface area contributed by atoms with Gasteiger partial charge in [-0.1, -0.05) is 19.9 Å². The summed E-state index contributed by atoms with van der Waals surface area (Å²) in [5.74, 6) is 1.65. The van der Waals surface area contributed by atoms with Crippen LogP contribution in [-0.4, -0.2) is 49.1 Å². The molecule has 0 spiro atoms. The van der Waals surface area contributed by atoms with E-state index in [1.54, 1.807) is 0 Å². The predicted octanol–water partition coefficient (Wildman–Crippen LogP) is 1.76. The number of nitrogens with one attached hydrogen (secondary N) is 1. The van der Waals surface area contributed by atoms with Crippen molar-refractivity contribution < 1.29 is 19.1 Å². The monoisotopic (exact) mass is 346 g/mol. The van der Waals surface area contributed by atoms with Crippen LogP contribution in [0.5, 0.6) is 11.5 Å². The molecule has 0 bridgehead atoms. The number of hydrogen-bond acceptors (Lipinski definition) is 4. The lowest BCUT2D eigenvalue weighted by Crippen LogP contribution is -2.47. The quantitative estimate of drug-likeness (QED) is 0.902. The Labute approximate surface area is 148 Å². The van der Waals surface area contributed by atoms with Gasteiger partial charge in [0.2, 0.25) is 11.8 Å². The van der Waals surface area contributed by atoms with Crippen LogP contribution in [0, 0.1) is 5.92 Å². The second kappa shape index (κ2) is 7.76. The Bertz CT molecular complexity index is 636. The van der Waals surface area contributed by atoms with E-state index in [4.69, 9.17) is 9.47 Å². The standard InChI is InChI=1S/C19H26N2O4/c1-13(2)19(23)20-15-5-7-21(8-6-15)18(22)12-14-3-4-16-17(11-14)25-10-9-24-16/h3-4,11,13,15H,5-10,12H2,1-2H3,(H,20,23). The van der Waals surface area contributed by atoms with E-state index >= 15 is 0 Å². The lowest BCUT2D eigenvalue weighted by molar-refractivity contribution is -0.131. The third kappa shape index (κ3) is 4.44. The van der Waals surface area contributed by atoms with Gasteiger partial charge in [-0.2, -0.15) is 0 Å². The summed E-state index contributed by atoms with van der Waals surface area (Å²) in [6.45, 7) is 6.26. The number of nitrogens with zero attached hydrogens (tertiary/aromatic N) is 1. The van der Waals surface area contributed by atoms with Crippen LogP contribution in [0.2, 0.25) is 0 Å². The van der Waals surface area contributed by atoms with Crippen LogP contribution in [0.15, 0.2) is 18.2 Å². The molecule has 3 rings (SSSR count). The Kier molecular flexibility index (Phi) is 5.46. The van der Waals surface area contributed by atoms with Crippen molar-refractivity contribution in [2.24, 2.45) is 5.92 Å². The van der Waals surface area contributed by atoms with Crippen molar-refractivity contribution in [3.05, 3.63) is 23.8 Å². The second-order valence-corrected chi connectivity index (χ2v) is 6.97. The summed E-state index contributed by atoms with van der Waals surface area (Å²) >= 11 is 0. The van der Waals surface area contributed by atoms with Gasteiger partial charge >= 0.3 is 0 Å². The smallest absolute Gasteiger partial charge is 0.226 e. The molecule has 0 atom stereocenters. The van der Waals surface area contributed by atoms with E-state index in [-0.39, 0.29) is 23.8 Å². The molecule has 25 heavy (non-hydrogen) atoms. The largest absolute Gasteiger partial charge is 0.486 e. The van der Waals surface area contributed by atoms with E-state index in [9.17, 15) is 9.59 Å². The van der Waals surface area contributed by atoms with Crippen molar-refractivity contribution in [2.75, 3.05) is 26.3 Å². The minimum Gasteiger partial charge on any atom is -0.486 e. The van der Waals surface area contributed by atoms with E-state index in [0.29, 0.717) is 38.5 Å². The third-order valence-electron chi connectivity index (χ3n) is 4.68. The number of amides is 2. The summed E-state index contributed by atoms with van der Waals surface area (Å²) in [6.07, 6.45) is 1.98. The molecule has 0 radical (unpaired) electrons. The van der Waals surface area contributed by atoms with Crippen molar-refractivity contribution in [1.29, 1.82) is 0 Å². The fourth-order valence-corrected chi connectivity index (χ4v) is 3.13. The van der Waals surface area contributed by atoms with Gasteiger partial charge in [0, 0.05) is 25.0 Å². The molecule has 0 aliphatic carbocycles. The number of fused-ring (bicyclic) bond motifs is 1. The maximum atomic E-state index is 12.5. The normalized spacial score (nSPS) is 17.5. The van der Waals surface area contributed by atoms with Crippen LogP contribution in [0.1, 0.15) is 32.3 Å². The van der Waals surface area contributed by atoms with Gasteiger partial charge in [0.1, 0.15) is 13.2 Å². The van der Waals surface area contributed by atoms with E-state index in [2.05, 4.69) is 5.32 Å². The highest BCUT2D eigenvalue weighted by Gasteiger charge is 2.24. The zero-order valence-electron chi connectivity index (χ0n) is 14.9. The molecule has 2 heterocycles. The molecule has 136 valence electrons. The van der Waals surface area contributed by atoms with Crippen molar-refractivity contribution in [3.8, 4) is 11.5 Å². The lowest BCUT2D eigenvalue weighted by atomic mass is 10.0. The molecule has 1 fully saturated rings. The van der Waals surface area contributed by atoms with Gasteiger partial charge in [-0.05, 0) is 30.5 Å². The van der Waals surface area contributed by atoms with Crippen LogP contribution < -0.4 is 14.8 Å². The average Bonchev–Trinajstić information content (AvgIpc) is 2.62. The Balaban J connectivity index is 1.50. The maximum Gasteiger partial charge on any atom is 0.226 e. The van der Waals surface area contributed by atoms with Crippen molar-refractivity contribution >= 4 is 11.8 Å². The Hall–Kier alpha value is -2.24. The van der Waals surface area contributed by atoms with E-state index in [1.807, 2.05) is 36.9 Å². The lowest BCUT2D eigenvalue weighted by Gasteiger charge is -2.33. The van der Waals surface area contributed by atoms with Crippen LogP contribution in [-0.2, 0) is 16.0 Å². The first kappa shape index (κ1) is 17.6. The number of rotatable bonds is 4. The molecule has 0 unspecified atom stereocenters. The first-order valence-corrected chi connectivity index (χ1v) is 8.99. The number of hydrogen-bond donors (Lipinski definition) is 1. The number of carbonyl (C=O) groups excluding carboxylic acids is 2. The molecule has 0 aromatic heterocycles. The molecule has 2 aliphatic rings. The summed E-state index contributed by atoms with van der Waals surface area (Å²) < 4.78 is 11.1. The zero-order chi connectivity index (χ0) is 17.8. The summed E-state index contributed by atoms with van der Waals surface area (Å²) in [6, 6.07) is 5.85. The highest BCUT2D eigenvalue weighted by Crippen LogP contribution is 2.31. The van der Waals surface area contributed by atoms with Crippen LogP contribution in [0.25, 0.3) is 0 Å². The fraction of sp³-hybridized carbons (Fsp3) is 0.579. The molecule has 6 nitrogen and oxygen atoms in total. The molecule has 0 saturated carbocycles. The molecule has 2 aliphatic heterocycles. The van der Waals surface area contributed by atoms with Gasteiger partial charge in [0.25, 0.3) is 0 Å². The second-order valence-electron chi connectivity index (χ2n) is 6.97. The molecular formula is C19H26N2O4. The number of benzene rings is 1. The van der Waals surface area contributed by atoms with Crippen LogP contribution in [0.4, 0.5) is 0 Å². The van der Waals surface area contributed by atoms with Gasteiger partial charge < -0.3 is 19.7 Å². The molecule has 1 N–H and O–H groups in total. The third-order valence-corrected chi connectivity index (χ3v) is 4.68. The minimum absolute atomic E-state index is 0.00475. The summed E-state index contributed by atoms with van der Waals surface area (Å²) in [5, 5.41) is 3.05. The minimum atomic E-state index is -0.00475. The van der Waals surface area contributed by atoms with E-state index in [1.165, 1.54) is 0 Å². The average molecular weight is 346 g/mol. The molecule has 1 aromatic rings. The topological polar surface area (TPSA) is 67.9 Å². The number of likely N-dealkylation sites (tertiary alicyclic amines) is 1. The zero-order valence-corrected chi connectivity index (χ0v) is 14.9. The van der Waals surface area contributed by atoms with Crippen molar-refractivity contribution in [3.63, 3.8) is 0 Å². The molecule has 1 aromatic carbocycles. The predicted molar refractivity (Wildman–Crippen MR) is 93.7 cm³/mol. The van der Waals surface area contributed by atoms with E-state index in [0.717, 1.165) is 24.2 Å². The molecule has 6 heteroatoms. The summed E-state index contributed by atoms with van der Waals surface area (Å²) in [4.78, 5) is 26.2. The number of piperidine rings is 1. The molecular weight excluding hydrogens is 320 g/mol. The first-order valence-electron chi connectivity index (χ1n) is 8.99. The van der Waals surface area contributed by atoms with Gasteiger partial charge in [0.15, 0.2) is 11.5 Å². The van der Waals surface area contributed by atoms with E-state index < -0.39 is 0 Å². The van der Waals surface area contributed by atoms with Gasteiger partial charge in [-0.15, -0.1) is 0 Å². The van der Waals surface area contributed by atoms with Crippen LogP contribution >= 0.6 is 0 Å². The molecule has 2 amide bonds. The van der Waals surface area contributed by atoms with Crippen molar-refractivity contribution in [1.82, 2.24) is 10.2 Å². The highest BCUT2D eigenvalue weighted by atomic mass is 16.6.